The molecule has 30 heavy (non-hydrogen) atoms. The summed E-state index contributed by atoms with van der Waals surface area (Å²) >= 11 is 0. The number of likely N-dealkylation sites (tertiary alicyclic amines) is 1. The van der Waals surface area contributed by atoms with Crippen molar-refractivity contribution in [2.45, 2.75) is 56.5 Å². The van der Waals surface area contributed by atoms with Crippen molar-refractivity contribution in [3.63, 3.8) is 0 Å². The molecule has 0 aromatic heterocycles. The third kappa shape index (κ3) is 5.16. The van der Waals surface area contributed by atoms with Crippen LogP contribution in [0.25, 0.3) is 0 Å². The fourth-order valence-electron chi connectivity index (χ4n) is 4.09. The van der Waals surface area contributed by atoms with Crippen LogP contribution in [-0.2, 0) is 30.3 Å². The molecule has 2 saturated heterocycles. The number of carboxylic acids is 2. The number of carbonyl (C=O) groups is 3. The number of hydrogen-bond acceptors (Lipinski definition) is 6. The number of nitrogens with zero attached hydrogens (tertiary/aromatic N) is 1. The standard InChI is InChI=1S/C21H28N2O7/c1-13(22-15(20(25)26)8-7-14-5-3-2-4-6-14)19(24)23-10-9-16-18(17(23)21(27)28)30-12-11-29-16/h2-6,13,15-18,22H,7-12H2,1H3,(H,25,26)(H,27,28)/t13-,15?,16?,17?,18?/m0/s1. The van der Waals surface area contributed by atoms with Crippen LogP contribution in [0.15, 0.2) is 30.3 Å². The monoisotopic (exact) mass is 420 g/mol. The lowest BCUT2D eigenvalue weighted by atomic mass is 9.94. The van der Waals surface area contributed by atoms with Crippen molar-refractivity contribution in [3.8, 4) is 0 Å². The number of piperidine rings is 1. The van der Waals surface area contributed by atoms with Crippen LogP contribution in [0.4, 0.5) is 0 Å². The summed E-state index contributed by atoms with van der Waals surface area (Å²) in [6.45, 7) is 2.46. The van der Waals surface area contributed by atoms with Gasteiger partial charge in [-0.3, -0.25) is 14.9 Å². The molecular weight excluding hydrogens is 392 g/mol. The van der Waals surface area contributed by atoms with Crippen LogP contribution in [0, 0.1) is 0 Å². The normalized spacial score (nSPS) is 25.8. The Hall–Kier alpha value is -2.49. The van der Waals surface area contributed by atoms with E-state index in [0.29, 0.717) is 25.9 Å². The Bertz CT molecular complexity index is 757. The van der Waals surface area contributed by atoms with Gasteiger partial charge < -0.3 is 24.6 Å². The van der Waals surface area contributed by atoms with E-state index in [1.54, 1.807) is 6.92 Å². The Balaban J connectivity index is 1.65. The molecule has 5 atom stereocenters. The Morgan fingerprint density at radius 3 is 2.53 bits per heavy atom. The predicted octanol–water partition coefficient (Wildman–Crippen LogP) is 0.520. The van der Waals surface area contributed by atoms with E-state index in [1.807, 2.05) is 30.3 Å². The van der Waals surface area contributed by atoms with Gasteiger partial charge in [0.15, 0.2) is 6.04 Å². The number of carboxylic acid groups (broad SMARTS) is 2. The summed E-state index contributed by atoms with van der Waals surface area (Å²) in [5, 5.41) is 22.1. The Kier molecular flexibility index (Phi) is 7.41. The Morgan fingerprint density at radius 1 is 1.17 bits per heavy atom. The molecule has 164 valence electrons. The summed E-state index contributed by atoms with van der Waals surface area (Å²) < 4.78 is 11.2. The van der Waals surface area contributed by atoms with Crippen LogP contribution in [0.5, 0.6) is 0 Å². The minimum absolute atomic E-state index is 0.216. The zero-order valence-corrected chi connectivity index (χ0v) is 16.9. The predicted molar refractivity (Wildman–Crippen MR) is 106 cm³/mol. The number of rotatable bonds is 8. The molecule has 2 aliphatic rings. The number of hydrogen-bond donors (Lipinski definition) is 3. The minimum atomic E-state index is -1.16. The van der Waals surface area contributed by atoms with Gasteiger partial charge in [0.25, 0.3) is 0 Å². The summed E-state index contributed by atoms with van der Waals surface area (Å²) in [7, 11) is 0. The molecule has 2 aliphatic heterocycles. The zero-order valence-electron chi connectivity index (χ0n) is 16.9. The van der Waals surface area contributed by atoms with E-state index in [-0.39, 0.29) is 19.3 Å². The van der Waals surface area contributed by atoms with Crippen molar-refractivity contribution < 1.29 is 34.1 Å². The van der Waals surface area contributed by atoms with Crippen LogP contribution in [0.2, 0.25) is 0 Å². The molecule has 2 heterocycles. The first-order valence-corrected chi connectivity index (χ1v) is 10.2. The molecular formula is C21H28N2O7. The maximum Gasteiger partial charge on any atom is 0.329 e. The molecule has 9 nitrogen and oxygen atoms in total. The number of carbonyl (C=O) groups excluding carboxylic acids is 1. The van der Waals surface area contributed by atoms with Gasteiger partial charge >= 0.3 is 11.9 Å². The number of amides is 1. The molecule has 1 amide bonds. The maximum absolute atomic E-state index is 13.0. The number of aryl methyl sites for hydroxylation is 1. The molecule has 0 aliphatic carbocycles. The highest BCUT2D eigenvalue weighted by molar-refractivity contribution is 5.88. The molecule has 0 saturated carbocycles. The van der Waals surface area contributed by atoms with Gasteiger partial charge in [-0.1, -0.05) is 30.3 Å². The molecule has 0 spiro atoms. The maximum atomic E-state index is 13.0. The van der Waals surface area contributed by atoms with Crippen LogP contribution < -0.4 is 5.32 Å². The van der Waals surface area contributed by atoms with Gasteiger partial charge in [0.05, 0.1) is 25.4 Å². The lowest BCUT2D eigenvalue weighted by molar-refractivity contribution is -0.199. The van der Waals surface area contributed by atoms with Crippen molar-refractivity contribution in [1.29, 1.82) is 0 Å². The zero-order chi connectivity index (χ0) is 21.7. The minimum Gasteiger partial charge on any atom is -0.480 e. The Morgan fingerprint density at radius 2 is 1.87 bits per heavy atom. The van der Waals surface area contributed by atoms with Crippen molar-refractivity contribution in [3.05, 3.63) is 35.9 Å². The average Bonchev–Trinajstić information content (AvgIpc) is 2.75. The van der Waals surface area contributed by atoms with E-state index in [1.165, 1.54) is 4.90 Å². The highest BCUT2D eigenvalue weighted by atomic mass is 16.6. The molecule has 1 aromatic rings. The number of ether oxygens (including phenoxy) is 2. The van der Waals surface area contributed by atoms with Crippen molar-refractivity contribution >= 4 is 17.8 Å². The second kappa shape index (κ2) is 10.0. The molecule has 0 radical (unpaired) electrons. The molecule has 0 bridgehead atoms. The number of benzene rings is 1. The van der Waals surface area contributed by atoms with E-state index in [2.05, 4.69) is 5.32 Å². The molecule has 2 fully saturated rings. The molecule has 3 N–H and O–H groups in total. The first kappa shape index (κ1) is 22.2. The van der Waals surface area contributed by atoms with Crippen molar-refractivity contribution in [1.82, 2.24) is 10.2 Å². The van der Waals surface area contributed by atoms with Crippen molar-refractivity contribution in [2.24, 2.45) is 0 Å². The fraction of sp³-hybridized carbons (Fsp3) is 0.571. The molecule has 4 unspecified atom stereocenters. The molecule has 9 heteroatoms. The van der Waals surface area contributed by atoms with E-state index in [9.17, 15) is 24.6 Å². The SMILES string of the molecule is C[C@H](NC(CCc1ccccc1)C(=O)O)C(=O)N1CCC2OCCOC2C1C(=O)O. The second-order valence-corrected chi connectivity index (χ2v) is 7.65. The average molecular weight is 420 g/mol. The third-order valence-corrected chi connectivity index (χ3v) is 5.61. The quantitative estimate of drug-likeness (QED) is 0.556. The van der Waals surface area contributed by atoms with Gasteiger partial charge in [-0.2, -0.15) is 0 Å². The van der Waals surface area contributed by atoms with Crippen molar-refractivity contribution in [2.75, 3.05) is 19.8 Å². The van der Waals surface area contributed by atoms with Gasteiger partial charge in [-0.15, -0.1) is 0 Å². The fourth-order valence-corrected chi connectivity index (χ4v) is 4.09. The highest BCUT2D eigenvalue weighted by Gasteiger charge is 2.47. The van der Waals surface area contributed by atoms with Crippen LogP contribution in [0.3, 0.4) is 0 Å². The highest BCUT2D eigenvalue weighted by Crippen LogP contribution is 2.27. The van der Waals surface area contributed by atoms with Crippen LogP contribution in [0.1, 0.15) is 25.3 Å². The first-order chi connectivity index (χ1) is 14.4. The summed E-state index contributed by atoms with van der Waals surface area (Å²) in [5.74, 6) is -2.67. The third-order valence-electron chi connectivity index (χ3n) is 5.61. The van der Waals surface area contributed by atoms with Gasteiger partial charge in [0.2, 0.25) is 5.91 Å². The van der Waals surface area contributed by atoms with Gasteiger partial charge in [-0.05, 0) is 31.7 Å². The van der Waals surface area contributed by atoms with E-state index < -0.39 is 42.1 Å². The molecule has 1 aromatic carbocycles. The lowest BCUT2D eigenvalue weighted by Gasteiger charge is -2.45. The smallest absolute Gasteiger partial charge is 0.329 e. The summed E-state index contributed by atoms with van der Waals surface area (Å²) in [4.78, 5) is 37.9. The number of nitrogens with one attached hydrogen (secondary N) is 1. The largest absolute Gasteiger partial charge is 0.480 e. The van der Waals surface area contributed by atoms with Gasteiger partial charge in [0, 0.05) is 6.54 Å². The van der Waals surface area contributed by atoms with E-state index >= 15 is 0 Å². The van der Waals surface area contributed by atoms with Gasteiger partial charge in [-0.25, -0.2) is 4.79 Å². The summed E-state index contributed by atoms with van der Waals surface area (Å²) in [5.41, 5.74) is 1.01. The first-order valence-electron chi connectivity index (χ1n) is 10.2. The van der Waals surface area contributed by atoms with E-state index in [0.717, 1.165) is 5.56 Å². The topological polar surface area (TPSA) is 125 Å². The summed E-state index contributed by atoms with van der Waals surface area (Å²) in [6, 6.07) is 6.55. The second-order valence-electron chi connectivity index (χ2n) is 7.65. The molecule has 3 rings (SSSR count). The van der Waals surface area contributed by atoms with Crippen LogP contribution >= 0.6 is 0 Å². The van der Waals surface area contributed by atoms with Crippen LogP contribution in [-0.4, -0.2) is 83.1 Å². The Labute approximate surface area is 175 Å². The van der Waals surface area contributed by atoms with Gasteiger partial charge in [0.1, 0.15) is 12.1 Å². The van der Waals surface area contributed by atoms with E-state index in [4.69, 9.17) is 9.47 Å². The number of aliphatic carboxylic acids is 2. The number of fused-ring (bicyclic) bond motifs is 1. The summed E-state index contributed by atoms with van der Waals surface area (Å²) in [6.07, 6.45) is 0.242. The lowest BCUT2D eigenvalue weighted by Crippen LogP contribution is -2.65.